The third-order valence-corrected chi connectivity index (χ3v) is 2.55. The molecule has 98 valence electrons. The Morgan fingerprint density at radius 3 is 2.37 bits per heavy atom. The van der Waals surface area contributed by atoms with Crippen LogP contribution < -0.4 is 5.32 Å². The zero-order valence-corrected chi connectivity index (χ0v) is 10.6. The van der Waals surface area contributed by atoms with Crippen LogP contribution in [0.25, 0.3) is 0 Å². The molecule has 19 heavy (non-hydrogen) atoms. The van der Waals surface area contributed by atoms with Gasteiger partial charge in [-0.25, -0.2) is 18.7 Å². The lowest BCUT2D eigenvalue weighted by molar-refractivity contribution is 0.102. The Balaban J connectivity index is 2.25. The van der Waals surface area contributed by atoms with Gasteiger partial charge in [0.25, 0.3) is 5.91 Å². The van der Waals surface area contributed by atoms with E-state index in [-0.39, 0.29) is 21.7 Å². The largest absolute Gasteiger partial charge is 0.322 e. The van der Waals surface area contributed by atoms with Gasteiger partial charge in [-0.05, 0) is 23.7 Å². The average Bonchev–Trinajstić information content (AvgIpc) is 2.26. The van der Waals surface area contributed by atoms with Gasteiger partial charge in [0.05, 0.1) is 5.56 Å². The molecule has 0 aliphatic carbocycles. The maximum Gasteiger partial charge on any atom is 0.260 e. The molecule has 1 N–H and O–H groups in total. The number of amides is 1. The Bertz CT molecular complexity index is 632. The Labute approximate surface area is 116 Å². The molecule has 0 fully saturated rings. The van der Waals surface area contributed by atoms with Crippen LogP contribution >= 0.6 is 23.2 Å². The number of rotatable bonds is 2. The van der Waals surface area contributed by atoms with Crippen LogP contribution in [0.4, 0.5) is 14.5 Å². The van der Waals surface area contributed by atoms with Crippen molar-refractivity contribution >= 4 is 34.8 Å². The highest BCUT2D eigenvalue weighted by molar-refractivity contribution is 6.34. The van der Waals surface area contributed by atoms with Gasteiger partial charge in [0, 0.05) is 18.0 Å². The van der Waals surface area contributed by atoms with Gasteiger partial charge >= 0.3 is 0 Å². The van der Waals surface area contributed by atoms with E-state index in [1.807, 2.05) is 0 Å². The van der Waals surface area contributed by atoms with Crippen LogP contribution in [0, 0.1) is 11.6 Å². The van der Waals surface area contributed by atoms with Crippen molar-refractivity contribution < 1.29 is 13.6 Å². The number of nitrogens with zero attached hydrogens (tertiary/aromatic N) is 2. The van der Waals surface area contributed by atoms with Crippen LogP contribution in [-0.4, -0.2) is 15.9 Å². The van der Waals surface area contributed by atoms with Crippen LogP contribution in [0.15, 0.2) is 24.4 Å². The number of nitrogens with one attached hydrogen (secondary N) is 1. The van der Waals surface area contributed by atoms with Gasteiger partial charge in [0.15, 0.2) is 0 Å². The minimum atomic E-state index is -0.811. The van der Waals surface area contributed by atoms with E-state index < -0.39 is 17.5 Å². The van der Waals surface area contributed by atoms with E-state index in [0.29, 0.717) is 6.07 Å². The summed E-state index contributed by atoms with van der Waals surface area (Å²) < 4.78 is 25.9. The Morgan fingerprint density at radius 2 is 1.79 bits per heavy atom. The maximum absolute atomic E-state index is 13.0. The third-order valence-electron chi connectivity index (χ3n) is 2.08. The second-order valence-corrected chi connectivity index (χ2v) is 4.15. The number of hydrogen-bond donors (Lipinski definition) is 1. The molecule has 8 heteroatoms. The van der Waals surface area contributed by atoms with Crippen LogP contribution in [-0.2, 0) is 0 Å². The van der Waals surface area contributed by atoms with Gasteiger partial charge in [0.1, 0.15) is 16.8 Å². The molecule has 0 unspecified atom stereocenters. The summed E-state index contributed by atoms with van der Waals surface area (Å²) in [6.45, 7) is 0. The van der Waals surface area contributed by atoms with Crippen LogP contribution in [0.2, 0.25) is 10.4 Å². The van der Waals surface area contributed by atoms with E-state index in [9.17, 15) is 13.6 Å². The van der Waals surface area contributed by atoms with Crippen molar-refractivity contribution in [3.05, 3.63) is 52.0 Å². The second-order valence-electron chi connectivity index (χ2n) is 3.46. The third kappa shape index (κ3) is 3.36. The van der Waals surface area contributed by atoms with Gasteiger partial charge in [-0.15, -0.1) is 0 Å². The molecule has 2 aromatic rings. The fourth-order valence-electron chi connectivity index (χ4n) is 1.32. The fraction of sp³-hybridized carbons (Fsp3) is 0. The molecule has 0 saturated heterocycles. The molecule has 0 saturated carbocycles. The molecule has 0 bridgehead atoms. The molecule has 1 amide bonds. The first-order chi connectivity index (χ1) is 8.95. The predicted octanol–water partition coefficient (Wildman–Crippen LogP) is 3.31. The molecule has 0 radical (unpaired) electrons. The summed E-state index contributed by atoms with van der Waals surface area (Å²) in [5, 5.41) is 2.00. The highest BCUT2D eigenvalue weighted by Crippen LogP contribution is 2.18. The number of halogens is 4. The first-order valence-electron chi connectivity index (χ1n) is 4.91. The number of carbonyl (C=O) groups excluding carboxylic acids is 1. The summed E-state index contributed by atoms with van der Waals surface area (Å²) in [5.41, 5.74) is -0.107. The Morgan fingerprint density at radius 1 is 1.16 bits per heavy atom. The van der Waals surface area contributed by atoms with Crippen molar-refractivity contribution in [1.82, 2.24) is 9.97 Å². The van der Waals surface area contributed by atoms with E-state index >= 15 is 0 Å². The van der Waals surface area contributed by atoms with Crippen LogP contribution in [0.3, 0.4) is 0 Å². The number of anilines is 1. The van der Waals surface area contributed by atoms with Crippen molar-refractivity contribution in [2.24, 2.45) is 0 Å². The number of benzene rings is 1. The smallest absolute Gasteiger partial charge is 0.260 e. The molecule has 0 spiro atoms. The zero-order chi connectivity index (χ0) is 14.0. The number of hydrogen-bond acceptors (Lipinski definition) is 3. The molecular formula is C11H5Cl2F2N3O. The zero-order valence-electron chi connectivity index (χ0n) is 9.12. The molecule has 4 nitrogen and oxygen atoms in total. The Kier molecular flexibility index (Phi) is 3.92. The molecule has 0 aliphatic heterocycles. The van der Waals surface area contributed by atoms with Crippen LogP contribution in [0.5, 0.6) is 0 Å². The molecule has 1 heterocycles. The van der Waals surface area contributed by atoms with Crippen molar-refractivity contribution in [2.45, 2.75) is 0 Å². The number of aromatic nitrogens is 2. The normalized spacial score (nSPS) is 10.3. The molecular weight excluding hydrogens is 299 g/mol. The summed E-state index contributed by atoms with van der Waals surface area (Å²) in [4.78, 5) is 19.0. The highest BCUT2D eigenvalue weighted by Gasteiger charge is 2.14. The van der Waals surface area contributed by atoms with Crippen molar-refractivity contribution in [2.75, 3.05) is 5.32 Å². The van der Waals surface area contributed by atoms with E-state index in [1.54, 1.807) is 0 Å². The summed E-state index contributed by atoms with van der Waals surface area (Å²) >= 11 is 11.2. The summed E-state index contributed by atoms with van der Waals surface area (Å²) in [6.07, 6.45) is 1.11. The molecule has 2 rings (SSSR count). The van der Waals surface area contributed by atoms with Crippen molar-refractivity contribution in [3.8, 4) is 0 Å². The Hall–Kier alpha value is -1.79. The monoisotopic (exact) mass is 303 g/mol. The van der Waals surface area contributed by atoms with Gasteiger partial charge in [0.2, 0.25) is 5.28 Å². The summed E-state index contributed by atoms with van der Waals surface area (Å²) in [7, 11) is 0. The standard InChI is InChI=1S/C11H5Cl2F2N3O/c12-9-8(4-16-11(13)18-9)10(19)17-7-2-5(14)1-6(15)3-7/h1-4H,(H,17,19). The minimum Gasteiger partial charge on any atom is -0.322 e. The quantitative estimate of drug-likeness (QED) is 0.684. The fourth-order valence-corrected chi connectivity index (χ4v) is 1.71. The van der Waals surface area contributed by atoms with Gasteiger partial charge in [-0.3, -0.25) is 4.79 Å². The van der Waals surface area contributed by atoms with Gasteiger partial charge in [-0.2, -0.15) is 0 Å². The summed E-state index contributed by atoms with van der Waals surface area (Å²) in [6, 6.07) is 2.62. The van der Waals surface area contributed by atoms with Gasteiger partial charge in [-0.1, -0.05) is 11.6 Å². The average molecular weight is 304 g/mol. The molecule has 0 atom stereocenters. The molecule has 1 aromatic carbocycles. The lowest BCUT2D eigenvalue weighted by Gasteiger charge is -2.06. The van der Waals surface area contributed by atoms with E-state index in [1.165, 1.54) is 0 Å². The van der Waals surface area contributed by atoms with E-state index in [4.69, 9.17) is 23.2 Å². The first-order valence-corrected chi connectivity index (χ1v) is 5.67. The lowest BCUT2D eigenvalue weighted by atomic mass is 10.2. The number of carbonyl (C=O) groups is 1. The van der Waals surface area contributed by atoms with E-state index in [2.05, 4.69) is 15.3 Å². The van der Waals surface area contributed by atoms with Crippen molar-refractivity contribution in [3.63, 3.8) is 0 Å². The summed E-state index contributed by atoms with van der Waals surface area (Å²) in [5.74, 6) is -2.32. The lowest BCUT2D eigenvalue weighted by Crippen LogP contribution is -2.14. The topological polar surface area (TPSA) is 54.9 Å². The van der Waals surface area contributed by atoms with Gasteiger partial charge < -0.3 is 5.32 Å². The van der Waals surface area contributed by atoms with Crippen LogP contribution in [0.1, 0.15) is 10.4 Å². The minimum absolute atomic E-state index is 0.0477. The second kappa shape index (κ2) is 5.46. The van der Waals surface area contributed by atoms with E-state index in [0.717, 1.165) is 18.3 Å². The highest BCUT2D eigenvalue weighted by atomic mass is 35.5. The first kappa shape index (κ1) is 13.6. The maximum atomic E-state index is 13.0. The van der Waals surface area contributed by atoms with Crippen molar-refractivity contribution in [1.29, 1.82) is 0 Å². The SMILES string of the molecule is O=C(Nc1cc(F)cc(F)c1)c1cnc(Cl)nc1Cl. The predicted molar refractivity (Wildman–Crippen MR) is 66.4 cm³/mol. The molecule has 1 aromatic heterocycles. The molecule has 0 aliphatic rings.